The molecular weight excluding hydrogens is 320 g/mol. The van der Waals surface area contributed by atoms with E-state index in [-0.39, 0.29) is 6.61 Å². The first-order valence-electron chi connectivity index (χ1n) is 7.71. The molecule has 2 atom stereocenters. The van der Waals surface area contributed by atoms with Crippen LogP contribution < -0.4 is 5.32 Å². The molecule has 0 spiro atoms. The Morgan fingerprint density at radius 1 is 1.16 bits per heavy atom. The fourth-order valence-electron chi connectivity index (χ4n) is 2.35. The summed E-state index contributed by atoms with van der Waals surface area (Å²) in [6, 6.07) is 16.5. The lowest BCUT2D eigenvalue weighted by Gasteiger charge is -2.21. The first kappa shape index (κ1) is 18.0. The van der Waals surface area contributed by atoms with Crippen molar-refractivity contribution in [3.8, 4) is 6.07 Å². The zero-order valence-corrected chi connectivity index (χ0v) is 13.7. The molecule has 6 heteroatoms. The second kappa shape index (κ2) is 8.50. The lowest BCUT2D eigenvalue weighted by molar-refractivity contribution is -0.139. The molecule has 0 aliphatic rings. The molecule has 2 unspecified atom stereocenters. The van der Waals surface area contributed by atoms with Crippen molar-refractivity contribution in [1.29, 1.82) is 5.26 Å². The van der Waals surface area contributed by atoms with E-state index in [2.05, 4.69) is 5.32 Å². The van der Waals surface area contributed by atoms with Gasteiger partial charge in [0, 0.05) is 5.92 Å². The molecule has 0 saturated carbocycles. The van der Waals surface area contributed by atoms with Gasteiger partial charge in [0.25, 0.3) is 0 Å². The minimum Gasteiger partial charge on any atom is -0.480 e. The van der Waals surface area contributed by atoms with Gasteiger partial charge in [-0.15, -0.1) is 0 Å². The summed E-state index contributed by atoms with van der Waals surface area (Å²) in [6.07, 6.45) is -0.795. The van der Waals surface area contributed by atoms with E-state index in [1.165, 1.54) is 0 Å². The number of ether oxygens (including phenoxy) is 1. The van der Waals surface area contributed by atoms with Gasteiger partial charge in [0.15, 0.2) is 0 Å². The number of aliphatic carboxylic acids is 1. The molecule has 0 aliphatic heterocycles. The topological polar surface area (TPSA) is 99.4 Å². The number of benzene rings is 2. The maximum Gasteiger partial charge on any atom is 0.408 e. The third-order valence-corrected chi connectivity index (χ3v) is 3.82. The quantitative estimate of drug-likeness (QED) is 0.843. The molecule has 2 N–H and O–H groups in total. The highest BCUT2D eigenvalue weighted by Gasteiger charge is 2.28. The van der Waals surface area contributed by atoms with Gasteiger partial charge in [-0.2, -0.15) is 5.26 Å². The molecule has 0 aromatic heterocycles. The molecule has 0 bridgehead atoms. The fraction of sp³-hybridized carbons (Fsp3) is 0.211. The van der Waals surface area contributed by atoms with Crippen LogP contribution in [-0.4, -0.2) is 23.2 Å². The van der Waals surface area contributed by atoms with Gasteiger partial charge in [-0.05, 0) is 23.3 Å². The predicted octanol–water partition coefficient (Wildman–Crippen LogP) is 3.04. The van der Waals surface area contributed by atoms with Crippen LogP contribution in [0.5, 0.6) is 0 Å². The van der Waals surface area contributed by atoms with Gasteiger partial charge in [-0.25, -0.2) is 9.59 Å². The van der Waals surface area contributed by atoms with Crippen molar-refractivity contribution in [3.63, 3.8) is 0 Å². The number of nitrogens with one attached hydrogen (secondary N) is 1. The molecule has 128 valence electrons. The summed E-state index contributed by atoms with van der Waals surface area (Å²) in [7, 11) is 0. The van der Waals surface area contributed by atoms with E-state index in [1.807, 2.05) is 24.3 Å². The monoisotopic (exact) mass is 338 g/mol. The van der Waals surface area contributed by atoms with Crippen LogP contribution >= 0.6 is 0 Å². The number of hydrogen-bond acceptors (Lipinski definition) is 4. The zero-order chi connectivity index (χ0) is 18.2. The SMILES string of the molecule is CC(c1ccc(C#N)cc1)C(NC(=O)OCc1ccccc1)C(=O)O. The van der Waals surface area contributed by atoms with Crippen molar-refractivity contribution < 1.29 is 19.4 Å². The van der Waals surface area contributed by atoms with Gasteiger partial charge in [0.1, 0.15) is 12.6 Å². The van der Waals surface area contributed by atoms with Crippen molar-refractivity contribution in [3.05, 3.63) is 71.3 Å². The Bertz CT molecular complexity index is 766. The van der Waals surface area contributed by atoms with Crippen LogP contribution in [0, 0.1) is 11.3 Å². The van der Waals surface area contributed by atoms with Gasteiger partial charge in [-0.3, -0.25) is 0 Å². The van der Waals surface area contributed by atoms with E-state index in [0.29, 0.717) is 11.1 Å². The smallest absolute Gasteiger partial charge is 0.408 e. The van der Waals surface area contributed by atoms with Gasteiger partial charge in [-0.1, -0.05) is 49.4 Å². The minimum absolute atomic E-state index is 0.0598. The van der Waals surface area contributed by atoms with Crippen molar-refractivity contribution in [1.82, 2.24) is 5.32 Å². The summed E-state index contributed by atoms with van der Waals surface area (Å²) in [5.74, 6) is -1.65. The Morgan fingerprint density at radius 2 is 1.80 bits per heavy atom. The third kappa shape index (κ3) is 5.08. The maximum atomic E-state index is 11.9. The van der Waals surface area contributed by atoms with Gasteiger partial charge in [0.05, 0.1) is 11.6 Å². The van der Waals surface area contributed by atoms with E-state index < -0.39 is 24.0 Å². The Balaban J connectivity index is 2.00. The molecule has 1 amide bonds. The van der Waals surface area contributed by atoms with Crippen molar-refractivity contribution in [2.45, 2.75) is 25.5 Å². The molecule has 0 radical (unpaired) electrons. The number of nitrogens with zero attached hydrogens (tertiary/aromatic N) is 1. The highest BCUT2D eigenvalue weighted by molar-refractivity contribution is 5.81. The minimum atomic E-state index is -1.16. The molecule has 2 aromatic rings. The van der Waals surface area contributed by atoms with Crippen molar-refractivity contribution >= 4 is 12.1 Å². The van der Waals surface area contributed by atoms with E-state index >= 15 is 0 Å². The lowest BCUT2D eigenvalue weighted by atomic mass is 9.93. The predicted molar refractivity (Wildman–Crippen MR) is 90.8 cm³/mol. The first-order chi connectivity index (χ1) is 12.0. The van der Waals surface area contributed by atoms with Gasteiger partial charge in [0.2, 0.25) is 0 Å². The third-order valence-electron chi connectivity index (χ3n) is 3.82. The normalized spacial score (nSPS) is 12.5. The number of carboxylic acids is 1. The molecular formula is C19H18N2O4. The summed E-state index contributed by atoms with van der Waals surface area (Å²) < 4.78 is 5.07. The second-order valence-electron chi connectivity index (χ2n) is 5.54. The average molecular weight is 338 g/mol. The molecule has 25 heavy (non-hydrogen) atoms. The summed E-state index contributed by atoms with van der Waals surface area (Å²) in [4.78, 5) is 23.5. The second-order valence-corrected chi connectivity index (χ2v) is 5.54. The molecule has 0 heterocycles. The van der Waals surface area contributed by atoms with E-state index in [0.717, 1.165) is 5.56 Å². The van der Waals surface area contributed by atoms with Crippen molar-refractivity contribution in [2.24, 2.45) is 0 Å². The molecule has 0 aliphatic carbocycles. The number of alkyl carbamates (subject to hydrolysis) is 1. The van der Waals surface area contributed by atoms with Crippen LogP contribution in [0.4, 0.5) is 4.79 Å². The van der Waals surface area contributed by atoms with Crippen LogP contribution in [0.2, 0.25) is 0 Å². The summed E-state index contributed by atoms with van der Waals surface area (Å²) in [5, 5.41) is 20.6. The first-order valence-corrected chi connectivity index (χ1v) is 7.71. The Labute approximate surface area is 145 Å². The average Bonchev–Trinajstić information content (AvgIpc) is 2.64. The number of rotatable bonds is 6. The van der Waals surface area contributed by atoms with Gasteiger partial charge < -0.3 is 15.2 Å². The molecule has 2 rings (SSSR count). The van der Waals surface area contributed by atoms with Crippen molar-refractivity contribution in [2.75, 3.05) is 0 Å². The van der Waals surface area contributed by atoms with Crippen LogP contribution in [-0.2, 0) is 16.1 Å². The Morgan fingerprint density at radius 3 is 2.36 bits per heavy atom. The van der Waals surface area contributed by atoms with Crippen LogP contribution in [0.25, 0.3) is 0 Å². The Kier molecular flexibility index (Phi) is 6.13. The number of carboxylic acid groups (broad SMARTS) is 1. The maximum absolute atomic E-state index is 11.9. The lowest BCUT2D eigenvalue weighted by Crippen LogP contribution is -2.44. The van der Waals surface area contributed by atoms with E-state index in [4.69, 9.17) is 10.00 Å². The number of carbonyl (C=O) groups is 2. The molecule has 2 aromatic carbocycles. The molecule has 6 nitrogen and oxygen atoms in total. The largest absolute Gasteiger partial charge is 0.480 e. The van der Waals surface area contributed by atoms with E-state index in [1.54, 1.807) is 43.3 Å². The summed E-state index contributed by atoms with van der Waals surface area (Å²) in [5.41, 5.74) is 2.00. The number of hydrogen-bond donors (Lipinski definition) is 2. The zero-order valence-electron chi connectivity index (χ0n) is 13.7. The van der Waals surface area contributed by atoms with Crippen LogP contribution in [0.15, 0.2) is 54.6 Å². The van der Waals surface area contributed by atoms with Crippen LogP contribution in [0.1, 0.15) is 29.5 Å². The molecule has 0 fully saturated rings. The summed E-state index contributed by atoms with van der Waals surface area (Å²) >= 11 is 0. The van der Waals surface area contributed by atoms with Gasteiger partial charge >= 0.3 is 12.1 Å². The highest BCUT2D eigenvalue weighted by Crippen LogP contribution is 2.20. The Hall–Kier alpha value is -3.33. The number of amides is 1. The standard InChI is InChI=1S/C19H18N2O4/c1-13(16-9-7-14(11-20)8-10-16)17(18(22)23)21-19(24)25-12-15-5-3-2-4-6-15/h2-10,13,17H,12H2,1H3,(H,21,24)(H,22,23). The summed E-state index contributed by atoms with van der Waals surface area (Å²) in [6.45, 7) is 1.75. The molecule has 0 saturated heterocycles. The van der Waals surface area contributed by atoms with E-state index in [9.17, 15) is 14.7 Å². The van der Waals surface area contributed by atoms with Crippen LogP contribution in [0.3, 0.4) is 0 Å². The number of nitriles is 1. The number of carbonyl (C=O) groups excluding carboxylic acids is 1. The fourth-order valence-corrected chi connectivity index (χ4v) is 2.35. The highest BCUT2D eigenvalue weighted by atomic mass is 16.5.